The predicted molar refractivity (Wildman–Crippen MR) is 94.3 cm³/mol. The van der Waals surface area contributed by atoms with Gasteiger partial charge in [-0.25, -0.2) is 4.98 Å². The normalized spacial score (nSPS) is 20.5. The maximum Gasteiger partial charge on any atom is 0.280 e. The smallest absolute Gasteiger partial charge is 0.280 e. The van der Waals surface area contributed by atoms with Crippen LogP contribution in [-0.2, 0) is 11.3 Å². The molecule has 2 aromatic rings. The second kappa shape index (κ2) is 8.24. The van der Waals surface area contributed by atoms with Crippen LogP contribution in [0.3, 0.4) is 0 Å². The molecule has 3 rings (SSSR count). The summed E-state index contributed by atoms with van der Waals surface area (Å²) in [7, 11) is 0. The molecule has 1 fully saturated rings. The standard InChI is InChI=1S/C18H21ClN4O/c19-16-6-7-17(20-12-16)21-18(24)14-23-10-8-22(9-11-23)13-15-4-2-1-3-5-15/h1-7,12H,8-11,13-14H2,(H,20,21,24)/p+2. The third kappa shape index (κ3) is 5.03. The molecule has 0 radical (unpaired) electrons. The van der Waals surface area contributed by atoms with Crippen molar-refractivity contribution in [3.8, 4) is 0 Å². The molecule has 1 aromatic carbocycles. The Hall–Kier alpha value is -1.95. The van der Waals surface area contributed by atoms with Crippen molar-refractivity contribution in [2.75, 3.05) is 38.0 Å². The number of piperazine rings is 1. The zero-order chi connectivity index (χ0) is 16.8. The molecule has 3 N–H and O–H groups in total. The largest absolute Gasteiger partial charge is 0.322 e. The number of aromatic nitrogens is 1. The van der Waals surface area contributed by atoms with E-state index in [4.69, 9.17) is 11.6 Å². The van der Waals surface area contributed by atoms with Gasteiger partial charge in [0.15, 0.2) is 6.54 Å². The molecule has 24 heavy (non-hydrogen) atoms. The zero-order valence-corrected chi connectivity index (χ0v) is 14.4. The molecule has 126 valence electrons. The SMILES string of the molecule is O=C(C[NH+]1CC[NH+](Cc2ccccc2)CC1)Nc1ccc(Cl)cn1. The van der Waals surface area contributed by atoms with E-state index in [-0.39, 0.29) is 5.91 Å². The summed E-state index contributed by atoms with van der Waals surface area (Å²) in [6, 6.07) is 14.0. The fourth-order valence-electron chi connectivity index (χ4n) is 3.06. The van der Waals surface area contributed by atoms with Crippen LogP contribution in [0.15, 0.2) is 48.7 Å². The topological polar surface area (TPSA) is 50.9 Å². The first kappa shape index (κ1) is 16.9. The Kier molecular flexibility index (Phi) is 5.80. The van der Waals surface area contributed by atoms with Crippen LogP contribution in [0.5, 0.6) is 0 Å². The Morgan fingerprint density at radius 1 is 1.04 bits per heavy atom. The highest BCUT2D eigenvalue weighted by atomic mass is 35.5. The first-order valence-electron chi connectivity index (χ1n) is 8.31. The molecular formula is C18H23ClN4O+2. The van der Waals surface area contributed by atoms with Crippen molar-refractivity contribution in [1.29, 1.82) is 0 Å². The molecule has 6 heteroatoms. The van der Waals surface area contributed by atoms with Gasteiger partial charge in [-0.05, 0) is 12.1 Å². The summed E-state index contributed by atoms with van der Waals surface area (Å²) in [4.78, 5) is 19.1. The van der Waals surface area contributed by atoms with Gasteiger partial charge in [-0.2, -0.15) is 0 Å². The van der Waals surface area contributed by atoms with Gasteiger partial charge >= 0.3 is 0 Å². The summed E-state index contributed by atoms with van der Waals surface area (Å²) in [6.45, 7) is 5.78. The van der Waals surface area contributed by atoms with E-state index in [1.807, 2.05) is 0 Å². The quantitative estimate of drug-likeness (QED) is 0.693. The summed E-state index contributed by atoms with van der Waals surface area (Å²) >= 11 is 5.79. The van der Waals surface area contributed by atoms with E-state index in [0.29, 0.717) is 17.4 Å². The summed E-state index contributed by atoms with van der Waals surface area (Å²) in [5.41, 5.74) is 1.38. The fraction of sp³-hybridized carbons (Fsp3) is 0.333. The first-order valence-corrected chi connectivity index (χ1v) is 8.69. The average molecular weight is 347 g/mol. The number of nitrogens with zero attached hydrogens (tertiary/aromatic N) is 1. The fourth-order valence-corrected chi connectivity index (χ4v) is 3.17. The number of halogens is 1. The number of quaternary nitrogens is 2. The van der Waals surface area contributed by atoms with Crippen LogP contribution in [0, 0.1) is 0 Å². The van der Waals surface area contributed by atoms with E-state index >= 15 is 0 Å². The van der Waals surface area contributed by atoms with E-state index in [0.717, 1.165) is 32.7 Å². The molecule has 0 spiro atoms. The van der Waals surface area contributed by atoms with Gasteiger partial charge in [0.2, 0.25) is 0 Å². The van der Waals surface area contributed by atoms with Crippen LogP contribution in [0.1, 0.15) is 5.56 Å². The lowest BCUT2D eigenvalue weighted by Gasteiger charge is -2.29. The highest BCUT2D eigenvalue weighted by molar-refractivity contribution is 6.30. The van der Waals surface area contributed by atoms with Crippen molar-refractivity contribution in [1.82, 2.24) is 4.98 Å². The number of rotatable bonds is 5. The van der Waals surface area contributed by atoms with E-state index < -0.39 is 0 Å². The molecule has 0 aliphatic carbocycles. The van der Waals surface area contributed by atoms with Crippen LogP contribution < -0.4 is 15.1 Å². The monoisotopic (exact) mass is 346 g/mol. The maximum absolute atomic E-state index is 12.1. The van der Waals surface area contributed by atoms with E-state index in [9.17, 15) is 4.79 Å². The Morgan fingerprint density at radius 3 is 2.42 bits per heavy atom. The minimum absolute atomic E-state index is 0.00586. The lowest BCUT2D eigenvalue weighted by Crippen LogP contribution is -3.28. The molecule has 1 aliphatic rings. The van der Waals surface area contributed by atoms with Crippen molar-refractivity contribution < 1.29 is 14.6 Å². The lowest BCUT2D eigenvalue weighted by molar-refractivity contribution is -1.02. The van der Waals surface area contributed by atoms with Crippen molar-refractivity contribution in [2.24, 2.45) is 0 Å². The van der Waals surface area contributed by atoms with Crippen LogP contribution in [-0.4, -0.2) is 43.6 Å². The van der Waals surface area contributed by atoms with Crippen molar-refractivity contribution in [2.45, 2.75) is 6.54 Å². The molecule has 5 nitrogen and oxygen atoms in total. The predicted octanol–water partition coefficient (Wildman–Crippen LogP) is -0.343. The minimum atomic E-state index is 0.00586. The second-order valence-corrected chi connectivity index (χ2v) is 6.69. The number of anilines is 1. The Morgan fingerprint density at radius 2 is 1.75 bits per heavy atom. The third-order valence-corrected chi connectivity index (χ3v) is 4.59. The van der Waals surface area contributed by atoms with Crippen molar-refractivity contribution in [3.05, 3.63) is 59.2 Å². The molecule has 1 aliphatic heterocycles. The van der Waals surface area contributed by atoms with Gasteiger partial charge in [0.05, 0.1) is 5.02 Å². The Labute approximate surface area is 147 Å². The number of carbonyl (C=O) groups is 1. The summed E-state index contributed by atoms with van der Waals surface area (Å²) in [5.74, 6) is 0.559. The van der Waals surface area contributed by atoms with E-state index in [2.05, 4.69) is 40.6 Å². The first-order chi connectivity index (χ1) is 11.7. The van der Waals surface area contributed by atoms with Gasteiger partial charge in [0, 0.05) is 11.8 Å². The summed E-state index contributed by atoms with van der Waals surface area (Å²) in [5, 5.41) is 3.40. The van der Waals surface area contributed by atoms with Gasteiger partial charge in [-0.15, -0.1) is 0 Å². The average Bonchev–Trinajstić information content (AvgIpc) is 2.60. The van der Waals surface area contributed by atoms with Crippen LogP contribution in [0.2, 0.25) is 5.02 Å². The minimum Gasteiger partial charge on any atom is -0.322 e. The van der Waals surface area contributed by atoms with Gasteiger partial charge in [0.25, 0.3) is 5.91 Å². The molecule has 2 heterocycles. The molecule has 1 amide bonds. The molecule has 0 saturated carbocycles. The van der Waals surface area contributed by atoms with Crippen LogP contribution >= 0.6 is 11.6 Å². The number of pyridine rings is 1. The molecule has 0 bridgehead atoms. The molecule has 1 saturated heterocycles. The van der Waals surface area contributed by atoms with Crippen LogP contribution in [0.25, 0.3) is 0 Å². The molecule has 1 aromatic heterocycles. The Bertz CT molecular complexity index is 654. The number of amides is 1. The van der Waals surface area contributed by atoms with Gasteiger partial charge < -0.3 is 15.1 Å². The number of carbonyl (C=O) groups excluding carboxylic acids is 1. The van der Waals surface area contributed by atoms with E-state index in [1.165, 1.54) is 16.7 Å². The summed E-state index contributed by atoms with van der Waals surface area (Å²) < 4.78 is 0. The van der Waals surface area contributed by atoms with Crippen molar-refractivity contribution >= 4 is 23.3 Å². The maximum atomic E-state index is 12.1. The van der Waals surface area contributed by atoms with Crippen LogP contribution in [0.4, 0.5) is 5.82 Å². The van der Waals surface area contributed by atoms with Gasteiger partial charge in [0.1, 0.15) is 38.5 Å². The zero-order valence-electron chi connectivity index (χ0n) is 13.6. The molecule has 0 atom stereocenters. The lowest BCUT2D eigenvalue weighted by atomic mass is 10.2. The highest BCUT2D eigenvalue weighted by Crippen LogP contribution is 2.08. The number of hydrogen-bond acceptors (Lipinski definition) is 2. The number of hydrogen-bond donors (Lipinski definition) is 3. The second-order valence-electron chi connectivity index (χ2n) is 6.25. The molecular weight excluding hydrogens is 324 g/mol. The van der Waals surface area contributed by atoms with Gasteiger partial charge in [-0.1, -0.05) is 41.9 Å². The Balaban J connectivity index is 1.41. The summed E-state index contributed by atoms with van der Waals surface area (Å²) in [6.07, 6.45) is 1.54. The van der Waals surface area contributed by atoms with Crippen molar-refractivity contribution in [3.63, 3.8) is 0 Å². The highest BCUT2D eigenvalue weighted by Gasteiger charge is 2.24. The third-order valence-electron chi connectivity index (χ3n) is 4.37. The number of benzene rings is 1. The number of nitrogens with one attached hydrogen (secondary N) is 3. The van der Waals surface area contributed by atoms with Gasteiger partial charge in [-0.3, -0.25) is 4.79 Å². The van der Waals surface area contributed by atoms with E-state index in [1.54, 1.807) is 17.0 Å². The molecule has 0 unspecified atom stereocenters.